The molecule has 0 amide bonds. The minimum absolute atomic E-state index is 0.0866. The van der Waals surface area contributed by atoms with E-state index < -0.39 is 6.10 Å². The smallest absolute Gasteiger partial charge is 0.0940 e. The highest BCUT2D eigenvalue weighted by Crippen LogP contribution is 2.17. The molecule has 2 nitrogen and oxygen atoms in total. The van der Waals surface area contributed by atoms with Crippen molar-refractivity contribution in [3.05, 3.63) is 35.9 Å². The molecule has 0 aromatic heterocycles. The van der Waals surface area contributed by atoms with Gasteiger partial charge in [0.15, 0.2) is 0 Å². The normalized spacial score (nSPS) is 16.0. The van der Waals surface area contributed by atoms with Crippen LogP contribution in [0.1, 0.15) is 64.5 Å². The fourth-order valence-electron chi connectivity index (χ4n) is 2.44. The van der Waals surface area contributed by atoms with Crippen LogP contribution in [0.5, 0.6) is 0 Å². The second kappa shape index (κ2) is 9.11. The Kier molecular flexibility index (Phi) is 7.76. The van der Waals surface area contributed by atoms with Gasteiger partial charge in [0.1, 0.15) is 0 Å². The van der Waals surface area contributed by atoms with E-state index in [0.717, 1.165) is 5.56 Å². The van der Waals surface area contributed by atoms with Crippen molar-refractivity contribution in [2.45, 2.75) is 71.1 Å². The van der Waals surface area contributed by atoms with Gasteiger partial charge < -0.3 is 10.4 Å². The highest BCUT2D eigenvalue weighted by molar-refractivity contribution is 5.18. The molecule has 3 unspecified atom stereocenters. The van der Waals surface area contributed by atoms with Crippen molar-refractivity contribution in [3.63, 3.8) is 0 Å². The monoisotopic (exact) mass is 263 g/mol. The van der Waals surface area contributed by atoms with E-state index in [1.165, 1.54) is 32.1 Å². The Bertz CT molecular complexity index is 325. The van der Waals surface area contributed by atoms with E-state index in [1.54, 1.807) is 0 Å². The Balaban J connectivity index is 2.31. The maximum absolute atomic E-state index is 10.3. The molecule has 108 valence electrons. The number of benzene rings is 1. The summed E-state index contributed by atoms with van der Waals surface area (Å²) < 4.78 is 0. The first-order valence-corrected chi connectivity index (χ1v) is 7.64. The SMILES string of the molecule is CCCCCCC(C)NC(C)C(O)c1ccccc1. The van der Waals surface area contributed by atoms with Crippen LogP contribution in [0, 0.1) is 0 Å². The lowest BCUT2D eigenvalue weighted by molar-refractivity contribution is 0.129. The first kappa shape index (κ1) is 16.2. The molecule has 0 spiro atoms. The predicted octanol–water partition coefficient (Wildman–Crippen LogP) is 4.06. The molecule has 1 rings (SSSR count). The first-order valence-electron chi connectivity index (χ1n) is 7.64. The van der Waals surface area contributed by atoms with E-state index in [4.69, 9.17) is 0 Å². The summed E-state index contributed by atoms with van der Waals surface area (Å²) in [7, 11) is 0. The molecule has 0 bridgehead atoms. The molecule has 1 aromatic carbocycles. The molecule has 0 saturated heterocycles. The van der Waals surface area contributed by atoms with Crippen molar-refractivity contribution in [2.75, 3.05) is 0 Å². The van der Waals surface area contributed by atoms with Gasteiger partial charge >= 0.3 is 0 Å². The van der Waals surface area contributed by atoms with E-state index in [0.29, 0.717) is 6.04 Å². The van der Waals surface area contributed by atoms with Crippen LogP contribution in [0.15, 0.2) is 30.3 Å². The van der Waals surface area contributed by atoms with Crippen molar-refractivity contribution < 1.29 is 5.11 Å². The third kappa shape index (κ3) is 6.22. The maximum Gasteiger partial charge on any atom is 0.0940 e. The molecule has 0 radical (unpaired) electrons. The molecule has 0 aliphatic heterocycles. The van der Waals surface area contributed by atoms with Crippen LogP contribution in [0.3, 0.4) is 0 Å². The van der Waals surface area contributed by atoms with E-state index >= 15 is 0 Å². The zero-order valence-corrected chi connectivity index (χ0v) is 12.6. The second-order valence-corrected chi connectivity index (χ2v) is 5.56. The summed E-state index contributed by atoms with van der Waals surface area (Å²) in [6.45, 7) is 6.50. The number of hydrogen-bond donors (Lipinski definition) is 2. The van der Waals surface area contributed by atoms with Crippen LogP contribution in [-0.2, 0) is 0 Å². The molecular weight excluding hydrogens is 234 g/mol. The lowest BCUT2D eigenvalue weighted by atomic mass is 10.0. The van der Waals surface area contributed by atoms with Gasteiger partial charge in [0.05, 0.1) is 6.10 Å². The number of aliphatic hydroxyl groups is 1. The van der Waals surface area contributed by atoms with Crippen molar-refractivity contribution in [2.24, 2.45) is 0 Å². The summed E-state index contributed by atoms with van der Waals surface area (Å²) in [5.74, 6) is 0. The topological polar surface area (TPSA) is 32.3 Å². The summed E-state index contributed by atoms with van der Waals surface area (Å²) in [5.41, 5.74) is 0.987. The highest BCUT2D eigenvalue weighted by Gasteiger charge is 2.17. The summed E-state index contributed by atoms with van der Waals surface area (Å²) in [6.07, 6.45) is 5.96. The van der Waals surface area contributed by atoms with E-state index in [-0.39, 0.29) is 6.04 Å². The lowest BCUT2D eigenvalue weighted by Crippen LogP contribution is -2.38. The Hall–Kier alpha value is -0.860. The zero-order chi connectivity index (χ0) is 14.1. The predicted molar refractivity (Wildman–Crippen MR) is 82.2 cm³/mol. The van der Waals surface area contributed by atoms with E-state index in [9.17, 15) is 5.11 Å². The molecule has 19 heavy (non-hydrogen) atoms. The van der Waals surface area contributed by atoms with E-state index in [2.05, 4.69) is 26.1 Å². The van der Waals surface area contributed by atoms with E-state index in [1.807, 2.05) is 30.3 Å². The fraction of sp³-hybridized carbons (Fsp3) is 0.647. The fourth-order valence-corrected chi connectivity index (χ4v) is 2.44. The van der Waals surface area contributed by atoms with Crippen LogP contribution in [0.4, 0.5) is 0 Å². The molecule has 0 heterocycles. The largest absolute Gasteiger partial charge is 0.387 e. The highest BCUT2D eigenvalue weighted by atomic mass is 16.3. The van der Waals surface area contributed by atoms with Gasteiger partial charge in [-0.2, -0.15) is 0 Å². The van der Waals surface area contributed by atoms with Crippen LogP contribution in [0.2, 0.25) is 0 Å². The van der Waals surface area contributed by atoms with Gasteiger partial charge in [-0.05, 0) is 25.8 Å². The first-order chi connectivity index (χ1) is 9.15. The number of unbranched alkanes of at least 4 members (excludes halogenated alkanes) is 3. The Labute approximate surface area is 118 Å². The molecular formula is C17H29NO. The quantitative estimate of drug-likeness (QED) is 0.659. The minimum Gasteiger partial charge on any atom is -0.387 e. The summed E-state index contributed by atoms with van der Waals surface area (Å²) >= 11 is 0. The number of hydrogen-bond acceptors (Lipinski definition) is 2. The Morgan fingerprint density at radius 2 is 1.74 bits per heavy atom. The lowest BCUT2D eigenvalue weighted by Gasteiger charge is -2.24. The van der Waals surface area contributed by atoms with Crippen molar-refractivity contribution in [3.8, 4) is 0 Å². The van der Waals surface area contributed by atoms with Crippen LogP contribution in [-0.4, -0.2) is 17.2 Å². The van der Waals surface area contributed by atoms with Gasteiger partial charge in [0, 0.05) is 12.1 Å². The third-order valence-electron chi connectivity index (χ3n) is 3.65. The average Bonchev–Trinajstić information content (AvgIpc) is 2.43. The van der Waals surface area contributed by atoms with Crippen LogP contribution >= 0.6 is 0 Å². The molecule has 2 N–H and O–H groups in total. The summed E-state index contributed by atoms with van der Waals surface area (Å²) in [6, 6.07) is 10.4. The van der Waals surface area contributed by atoms with Gasteiger partial charge in [-0.1, -0.05) is 62.9 Å². The van der Waals surface area contributed by atoms with Gasteiger partial charge in [0.25, 0.3) is 0 Å². The standard InChI is InChI=1S/C17H29NO/c1-4-5-6-8-11-14(2)18-15(3)17(19)16-12-9-7-10-13-16/h7,9-10,12-15,17-19H,4-6,8,11H2,1-3H3. The Morgan fingerprint density at radius 3 is 2.37 bits per heavy atom. The van der Waals surface area contributed by atoms with Crippen molar-refractivity contribution in [1.29, 1.82) is 0 Å². The number of aliphatic hydroxyl groups excluding tert-OH is 1. The average molecular weight is 263 g/mol. The number of rotatable bonds is 9. The molecule has 0 aliphatic carbocycles. The van der Waals surface area contributed by atoms with Crippen LogP contribution in [0.25, 0.3) is 0 Å². The molecule has 0 fully saturated rings. The van der Waals surface area contributed by atoms with Gasteiger partial charge in [0.2, 0.25) is 0 Å². The molecule has 3 atom stereocenters. The minimum atomic E-state index is -0.431. The molecule has 0 aliphatic rings. The van der Waals surface area contributed by atoms with Gasteiger partial charge in [-0.15, -0.1) is 0 Å². The van der Waals surface area contributed by atoms with Crippen molar-refractivity contribution in [1.82, 2.24) is 5.32 Å². The second-order valence-electron chi connectivity index (χ2n) is 5.56. The maximum atomic E-state index is 10.3. The summed E-state index contributed by atoms with van der Waals surface area (Å²) in [5, 5.41) is 13.8. The zero-order valence-electron chi connectivity index (χ0n) is 12.6. The Morgan fingerprint density at radius 1 is 1.05 bits per heavy atom. The molecule has 0 saturated carbocycles. The third-order valence-corrected chi connectivity index (χ3v) is 3.65. The summed E-state index contributed by atoms with van der Waals surface area (Å²) in [4.78, 5) is 0. The number of nitrogens with one attached hydrogen (secondary N) is 1. The van der Waals surface area contributed by atoms with Gasteiger partial charge in [-0.3, -0.25) is 0 Å². The van der Waals surface area contributed by atoms with Crippen LogP contribution < -0.4 is 5.32 Å². The molecule has 2 heteroatoms. The molecule has 1 aromatic rings. The van der Waals surface area contributed by atoms with Gasteiger partial charge in [-0.25, -0.2) is 0 Å². The van der Waals surface area contributed by atoms with Crippen molar-refractivity contribution >= 4 is 0 Å².